The minimum atomic E-state index is -3.15. The molecule has 0 bridgehead atoms. The molecule has 0 aliphatic carbocycles. The Labute approximate surface area is 137 Å². The van der Waals surface area contributed by atoms with Gasteiger partial charge in [0.25, 0.3) is 0 Å². The molecule has 2 saturated heterocycles. The Hall–Kier alpha value is -1.15. The quantitative estimate of drug-likeness (QED) is 0.671. The van der Waals surface area contributed by atoms with Crippen LogP contribution in [0.4, 0.5) is 0 Å². The molecule has 23 heavy (non-hydrogen) atoms. The second kappa shape index (κ2) is 7.17. The average Bonchev–Trinajstić information content (AvgIpc) is 2.91. The van der Waals surface area contributed by atoms with Gasteiger partial charge in [-0.1, -0.05) is 0 Å². The van der Waals surface area contributed by atoms with Crippen molar-refractivity contribution in [2.75, 3.05) is 51.9 Å². The molecule has 2 aliphatic heterocycles. The first kappa shape index (κ1) is 18.2. The maximum atomic E-state index is 12.8. The van der Waals surface area contributed by atoms with Crippen molar-refractivity contribution in [3.63, 3.8) is 0 Å². The monoisotopic (exact) mass is 346 g/mol. The topological polar surface area (TPSA) is 84.0 Å². The zero-order chi connectivity index (χ0) is 17.1. The summed E-state index contributed by atoms with van der Waals surface area (Å²) in [6.45, 7) is 2.79. The highest BCUT2D eigenvalue weighted by atomic mass is 32.2. The van der Waals surface area contributed by atoms with Crippen molar-refractivity contribution in [2.45, 2.75) is 25.7 Å². The predicted molar refractivity (Wildman–Crippen MR) is 85.6 cm³/mol. The van der Waals surface area contributed by atoms with Gasteiger partial charge in [-0.3, -0.25) is 9.59 Å². The number of methoxy groups -OCH3 is 1. The summed E-state index contributed by atoms with van der Waals surface area (Å²) >= 11 is 0. The molecule has 2 amide bonds. The molecule has 0 saturated carbocycles. The number of hydrogen-bond acceptors (Lipinski definition) is 5. The van der Waals surface area contributed by atoms with Gasteiger partial charge in [-0.2, -0.15) is 0 Å². The van der Waals surface area contributed by atoms with Gasteiger partial charge in [0.1, 0.15) is 9.84 Å². The van der Waals surface area contributed by atoms with Crippen molar-refractivity contribution < 1.29 is 22.7 Å². The summed E-state index contributed by atoms with van der Waals surface area (Å²) in [5.41, 5.74) is -0.479. The van der Waals surface area contributed by atoms with E-state index in [1.807, 2.05) is 4.90 Å². The third-order valence-electron chi connectivity index (χ3n) is 4.78. The third kappa shape index (κ3) is 4.44. The summed E-state index contributed by atoms with van der Waals surface area (Å²) < 4.78 is 27.4. The predicted octanol–water partition coefficient (Wildman–Crippen LogP) is -0.0914. The van der Waals surface area contributed by atoms with Gasteiger partial charge in [-0.05, 0) is 19.3 Å². The summed E-state index contributed by atoms with van der Waals surface area (Å²) in [7, 11) is -1.54. The largest absolute Gasteiger partial charge is 0.383 e. The first-order valence-electron chi connectivity index (χ1n) is 8.01. The number of ether oxygens (including phenoxy) is 1. The van der Waals surface area contributed by atoms with Crippen LogP contribution in [0.2, 0.25) is 0 Å². The van der Waals surface area contributed by atoms with E-state index < -0.39 is 15.3 Å². The Morgan fingerprint density at radius 1 is 1.30 bits per heavy atom. The SMILES string of the molecule is COCCN1CCC[C@@]2(CCN(C(=O)CCS(C)(=O)=O)C2)C1=O. The molecule has 2 aliphatic rings. The molecule has 0 N–H and O–H groups in total. The van der Waals surface area contributed by atoms with Crippen LogP contribution in [0.3, 0.4) is 0 Å². The third-order valence-corrected chi connectivity index (χ3v) is 5.73. The van der Waals surface area contributed by atoms with Crippen LogP contribution in [0, 0.1) is 5.41 Å². The Morgan fingerprint density at radius 2 is 2.04 bits per heavy atom. The zero-order valence-electron chi connectivity index (χ0n) is 13.9. The van der Waals surface area contributed by atoms with Crippen LogP contribution in [-0.4, -0.2) is 81.9 Å². The Morgan fingerprint density at radius 3 is 2.70 bits per heavy atom. The second-order valence-electron chi connectivity index (χ2n) is 6.61. The number of hydrogen-bond donors (Lipinski definition) is 0. The number of rotatable bonds is 6. The van der Waals surface area contributed by atoms with Crippen LogP contribution in [0.25, 0.3) is 0 Å². The molecule has 2 fully saturated rings. The minimum absolute atomic E-state index is 0.00348. The van der Waals surface area contributed by atoms with Gasteiger partial charge in [0.15, 0.2) is 0 Å². The van der Waals surface area contributed by atoms with Crippen molar-refractivity contribution in [2.24, 2.45) is 5.41 Å². The normalized spacial score (nSPS) is 25.4. The van der Waals surface area contributed by atoms with E-state index >= 15 is 0 Å². The number of amides is 2. The molecule has 7 nitrogen and oxygen atoms in total. The maximum absolute atomic E-state index is 12.8. The molecule has 0 aromatic rings. The molecule has 132 valence electrons. The van der Waals surface area contributed by atoms with Crippen LogP contribution in [0.5, 0.6) is 0 Å². The molecule has 2 rings (SSSR count). The van der Waals surface area contributed by atoms with Gasteiger partial charge in [0.05, 0.1) is 17.8 Å². The van der Waals surface area contributed by atoms with E-state index in [9.17, 15) is 18.0 Å². The van der Waals surface area contributed by atoms with Crippen LogP contribution >= 0.6 is 0 Å². The van der Waals surface area contributed by atoms with Crippen molar-refractivity contribution in [3.05, 3.63) is 0 Å². The number of nitrogens with zero attached hydrogens (tertiary/aromatic N) is 2. The summed E-state index contributed by atoms with van der Waals surface area (Å²) in [6, 6.07) is 0. The Kier molecular flexibility index (Phi) is 5.67. The van der Waals surface area contributed by atoms with Crippen molar-refractivity contribution in [3.8, 4) is 0 Å². The van der Waals surface area contributed by atoms with Gasteiger partial charge >= 0.3 is 0 Å². The average molecular weight is 346 g/mol. The first-order chi connectivity index (χ1) is 10.8. The number of piperidine rings is 1. The lowest BCUT2D eigenvalue weighted by atomic mass is 9.78. The standard InChI is InChI=1S/C15H26N2O5S/c1-22-10-9-16-7-3-5-15(14(16)19)6-8-17(12-15)13(18)4-11-23(2,20)21/h3-12H2,1-2H3/t15-/m0/s1. The minimum Gasteiger partial charge on any atom is -0.383 e. The molecule has 0 radical (unpaired) electrons. The van der Waals surface area contributed by atoms with Gasteiger partial charge in [-0.15, -0.1) is 0 Å². The first-order valence-corrected chi connectivity index (χ1v) is 10.1. The van der Waals surface area contributed by atoms with Crippen LogP contribution < -0.4 is 0 Å². The van der Waals surface area contributed by atoms with Crippen LogP contribution in [0.1, 0.15) is 25.7 Å². The molecule has 1 spiro atoms. The number of carbonyl (C=O) groups excluding carboxylic acids is 2. The zero-order valence-corrected chi connectivity index (χ0v) is 14.7. The van der Waals surface area contributed by atoms with E-state index in [4.69, 9.17) is 4.74 Å². The molecule has 0 unspecified atom stereocenters. The summed E-state index contributed by atoms with van der Waals surface area (Å²) in [6.07, 6.45) is 3.52. The van der Waals surface area contributed by atoms with Gasteiger partial charge < -0.3 is 14.5 Å². The van der Waals surface area contributed by atoms with E-state index in [1.165, 1.54) is 0 Å². The van der Waals surface area contributed by atoms with E-state index in [-0.39, 0.29) is 24.0 Å². The summed E-state index contributed by atoms with van der Waals surface area (Å²) in [5.74, 6) is -0.197. The molecular formula is C15H26N2O5S. The lowest BCUT2D eigenvalue weighted by molar-refractivity contribution is -0.146. The summed E-state index contributed by atoms with van der Waals surface area (Å²) in [4.78, 5) is 28.5. The highest BCUT2D eigenvalue weighted by Crippen LogP contribution is 2.40. The molecule has 8 heteroatoms. The molecule has 0 aromatic carbocycles. The molecule has 1 atom stereocenters. The molecule has 0 aromatic heterocycles. The fourth-order valence-corrected chi connectivity index (χ4v) is 4.01. The highest BCUT2D eigenvalue weighted by Gasteiger charge is 2.49. The van der Waals surface area contributed by atoms with E-state index in [0.717, 1.165) is 25.6 Å². The lowest BCUT2D eigenvalue weighted by Gasteiger charge is -2.39. The maximum Gasteiger partial charge on any atom is 0.230 e. The second-order valence-corrected chi connectivity index (χ2v) is 8.87. The van der Waals surface area contributed by atoms with Crippen molar-refractivity contribution in [1.82, 2.24) is 9.80 Å². The highest BCUT2D eigenvalue weighted by molar-refractivity contribution is 7.90. The Balaban J connectivity index is 1.96. The Bertz CT molecular complexity index is 562. The van der Waals surface area contributed by atoms with Gasteiger partial charge in [-0.25, -0.2) is 8.42 Å². The van der Waals surface area contributed by atoms with Gasteiger partial charge in [0, 0.05) is 46.0 Å². The summed E-state index contributed by atoms with van der Waals surface area (Å²) in [5, 5.41) is 0. The van der Waals surface area contributed by atoms with Crippen molar-refractivity contribution >= 4 is 21.7 Å². The molecular weight excluding hydrogens is 320 g/mol. The fraction of sp³-hybridized carbons (Fsp3) is 0.867. The lowest BCUT2D eigenvalue weighted by Crippen LogP contribution is -2.51. The molecule has 2 heterocycles. The fourth-order valence-electron chi connectivity index (χ4n) is 3.46. The number of likely N-dealkylation sites (tertiary alicyclic amines) is 2. The smallest absolute Gasteiger partial charge is 0.230 e. The van der Waals surface area contributed by atoms with Crippen LogP contribution in [-0.2, 0) is 24.2 Å². The van der Waals surface area contributed by atoms with E-state index in [0.29, 0.717) is 32.7 Å². The number of sulfone groups is 1. The van der Waals surface area contributed by atoms with Gasteiger partial charge in [0.2, 0.25) is 11.8 Å². The van der Waals surface area contributed by atoms with E-state index in [1.54, 1.807) is 12.0 Å². The van der Waals surface area contributed by atoms with E-state index in [2.05, 4.69) is 0 Å². The number of carbonyl (C=O) groups is 2. The van der Waals surface area contributed by atoms with Crippen molar-refractivity contribution in [1.29, 1.82) is 0 Å². The van der Waals surface area contributed by atoms with Crippen LogP contribution in [0.15, 0.2) is 0 Å².